The number of rotatable bonds is 7. The summed E-state index contributed by atoms with van der Waals surface area (Å²) in [6.45, 7) is 2.00. The van der Waals surface area contributed by atoms with Crippen LogP contribution in [-0.2, 0) is 14.4 Å². The number of primary amides is 1. The number of hydrazone groups is 1. The van der Waals surface area contributed by atoms with E-state index in [0.717, 1.165) is 10.9 Å². The maximum absolute atomic E-state index is 11.5. The average molecular weight is 385 g/mol. The van der Waals surface area contributed by atoms with Crippen molar-refractivity contribution in [2.45, 2.75) is 13.3 Å². The standard InChI is InChI=1S/C14H17BrN4O4/c1-2-5-17-13(21)14(22)19-18-7-9-6-10(15)3-4-11(9)23-8-12(16)20/h3-4,6-7H,2,5,8H2,1H3,(H2,16,20)(H,17,21)(H,19,22)/b18-7-. The highest BCUT2D eigenvalue weighted by molar-refractivity contribution is 9.10. The predicted molar refractivity (Wildman–Crippen MR) is 87.9 cm³/mol. The van der Waals surface area contributed by atoms with E-state index in [-0.39, 0.29) is 6.61 Å². The molecule has 0 atom stereocenters. The van der Waals surface area contributed by atoms with Crippen LogP contribution < -0.4 is 21.2 Å². The third-order valence-electron chi connectivity index (χ3n) is 2.45. The maximum Gasteiger partial charge on any atom is 0.329 e. The van der Waals surface area contributed by atoms with Crippen molar-refractivity contribution in [3.05, 3.63) is 28.2 Å². The van der Waals surface area contributed by atoms with Crippen molar-refractivity contribution >= 4 is 39.9 Å². The van der Waals surface area contributed by atoms with Gasteiger partial charge in [0.15, 0.2) is 6.61 Å². The number of carbonyl (C=O) groups excluding carboxylic acids is 3. The van der Waals surface area contributed by atoms with E-state index in [2.05, 4.69) is 31.8 Å². The van der Waals surface area contributed by atoms with Crippen molar-refractivity contribution in [2.24, 2.45) is 10.8 Å². The highest BCUT2D eigenvalue weighted by Gasteiger charge is 2.11. The van der Waals surface area contributed by atoms with Gasteiger partial charge < -0.3 is 15.8 Å². The first-order chi connectivity index (χ1) is 10.9. The lowest BCUT2D eigenvalue weighted by Gasteiger charge is -2.07. The van der Waals surface area contributed by atoms with Gasteiger partial charge in [-0.1, -0.05) is 22.9 Å². The monoisotopic (exact) mass is 384 g/mol. The van der Waals surface area contributed by atoms with Crippen molar-refractivity contribution < 1.29 is 19.1 Å². The minimum atomic E-state index is -0.871. The van der Waals surface area contributed by atoms with Gasteiger partial charge in [0.1, 0.15) is 5.75 Å². The van der Waals surface area contributed by atoms with Crippen LogP contribution in [0.3, 0.4) is 0 Å². The molecule has 0 radical (unpaired) electrons. The van der Waals surface area contributed by atoms with E-state index in [4.69, 9.17) is 10.5 Å². The van der Waals surface area contributed by atoms with Crippen LogP contribution in [0.5, 0.6) is 5.75 Å². The lowest BCUT2D eigenvalue weighted by atomic mass is 10.2. The summed E-state index contributed by atoms with van der Waals surface area (Å²) in [6, 6.07) is 5.00. The van der Waals surface area contributed by atoms with Crippen LogP contribution in [0.4, 0.5) is 0 Å². The van der Waals surface area contributed by atoms with Crippen molar-refractivity contribution in [3.63, 3.8) is 0 Å². The number of halogens is 1. The third kappa shape index (κ3) is 6.92. The highest BCUT2D eigenvalue weighted by Crippen LogP contribution is 2.21. The molecular weight excluding hydrogens is 368 g/mol. The van der Waals surface area contributed by atoms with Crippen LogP contribution in [0.2, 0.25) is 0 Å². The third-order valence-corrected chi connectivity index (χ3v) is 2.95. The zero-order chi connectivity index (χ0) is 17.2. The van der Waals surface area contributed by atoms with Crippen LogP contribution in [-0.4, -0.2) is 37.1 Å². The maximum atomic E-state index is 11.5. The number of amides is 3. The van der Waals surface area contributed by atoms with Gasteiger partial charge in [0, 0.05) is 16.6 Å². The number of ether oxygens (including phenoxy) is 1. The lowest BCUT2D eigenvalue weighted by molar-refractivity contribution is -0.139. The number of hydrogen-bond acceptors (Lipinski definition) is 5. The molecule has 0 saturated carbocycles. The lowest BCUT2D eigenvalue weighted by Crippen LogP contribution is -2.38. The van der Waals surface area contributed by atoms with Gasteiger partial charge in [0.05, 0.1) is 6.21 Å². The number of nitrogens with one attached hydrogen (secondary N) is 2. The second-order valence-electron chi connectivity index (χ2n) is 4.39. The Labute approximate surface area is 141 Å². The molecule has 0 aromatic heterocycles. The second-order valence-corrected chi connectivity index (χ2v) is 5.31. The second kappa shape index (κ2) is 9.57. The normalized spacial score (nSPS) is 10.3. The van der Waals surface area contributed by atoms with Gasteiger partial charge in [-0.25, -0.2) is 5.43 Å². The van der Waals surface area contributed by atoms with E-state index < -0.39 is 17.7 Å². The fourth-order valence-electron chi connectivity index (χ4n) is 1.43. The Balaban J connectivity index is 2.71. The van der Waals surface area contributed by atoms with Gasteiger partial charge in [0.25, 0.3) is 5.91 Å². The van der Waals surface area contributed by atoms with Crippen LogP contribution in [0.1, 0.15) is 18.9 Å². The van der Waals surface area contributed by atoms with Crippen LogP contribution in [0.15, 0.2) is 27.8 Å². The molecule has 9 heteroatoms. The minimum absolute atomic E-state index is 0.283. The summed E-state index contributed by atoms with van der Waals surface area (Å²) in [7, 11) is 0. The average Bonchev–Trinajstić information content (AvgIpc) is 2.51. The van der Waals surface area contributed by atoms with Crippen LogP contribution in [0.25, 0.3) is 0 Å². The number of nitrogens with zero attached hydrogens (tertiary/aromatic N) is 1. The number of benzene rings is 1. The number of hydrogen-bond donors (Lipinski definition) is 3. The van der Waals surface area contributed by atoms with Gasteiger partial charge in [-0.2, -0.15) is 5.10 Å². The first-order valence-electron chi connectivity index (χ1n) is 6.76. The van der Waals surface area contributed by atoms with Gasteiger partial charge >= 0.3 is 11.8 Å². The Hall–Kier alpha value is -2.42. The smallest absolute Gasteiger partial charge is 0.329 e. The van der Waals surface area contributed by atoms with Crippen molar-refractivity contribution in [3.8, 4) is 5.75 Å². The van der Waals surface area contributed by atoms with Crippen LogP contribution in [0, 0.1) is 0 Å². The number of carbonyl (C=O) groups is 3. The zero-order valence-electron chi connectivity index (χ0n) is 12.5. The molecule has 0 heterocycles. The van der Waals surface area contributed by atoms with E-state index in [0.29, 0.717) is 17.9 Å². The Bertz CT molecular complexity index is 619. The summed E-state index contributed by atoms with van der Waals surface area (Å²) in [4.78, 5) is 33.6. The van der Waals surface area contributed by atoms with E-state index in [1.165, 1.54) is 6.21 Å². The fourth-order valence-corrected chi connectivity index (χ4v) is 1.81. The highest BCUT2D eigenvalue weighted by atomic mass is 79.9. The van der Waals surface area contributed by atoms with Crippen LogP contribution >= 0.6 is 15.9 Å². The Kier molecular flexibility index (Phi) is 7.75. The largest absolute Gasteiger partial charge is 0.483 e. The van der Waals surface area contributed by atoms with E-state index >= 15 is 0 Å². The molecule has 124 valence electrons. The van der Waals surface area contributed by atoms with E-state index in [1.54, 1.807) is 18.2 Å². The molecule has 4 N–H and O–H groups in total. The first kappa shape index (κ1) is 18.6. The molecule has 0 spiro atoms. The van der Waals surface area contributed by atoms with Gasteiger partial charge in [-0.3, -0.25) is 14.4 Å². The van der Waals surface area contributed by atoms with Gasteiger partial charge in [-0.15, -0.1) is 0 Å². The molecule has 0 aliphatic rings. The summed E-state index contributed by atoms with van der Waals surface area (Å²) in [5, 5.41) is 6.12. The molecule has 0 bridgehead atoms. The summed E-state index contributed by atoms with van der Waals surface area (Å²) < 4.78 is 5.98. The fraction of sp³-hybridized carbons (Fsp3) is 0.286. The first-order valence-corrected chi connectivity index (χ1v) is 7.55. The summed E-state index contributed by atoms with van der Waals surface area (Å²) >= 11 is 3.29. The van der Waals surface area contributed by atoms with Crippen molar-refractivity contribution in [1.82, 2.24) is 10.7 Å². The molecule has 0 aliphatic heterocycles. The molecule has 0 aliphatic carbocycles. The van der Waals surface area contributed by atoms with Gasteiger partial charge in [0.2, 0.25) is 0 Å². The van der Waals surface area contributed by atoms with Gasteiger partial charge in [-0.05, 0) is 24.6 Å². The molecule has 1 aromatic carbocycles. The van der Waals surface area contributed by atoms with Crippen molar-refractivity contribution in [2.75, 3.05) is 13.2 Å². The van der Waals surface area contributed by atoms with E-state index in [9.17, 15) is 14.4 Å². The molecule has 0 saturated heterocycles. The molecule has 3 amide bonds. The molecule has 1 rings (SSSR count). The summed E-state index contributed by atoms with van der Waals surface area (Å²) in [5.74, 6) is -1.88. The summed E-state index contributed by atoms with van der Waals surface area (Å²) in [5.41, 5.74) is 7.63. The Morgan fingerprint density at radius 2 is 2.09 bits per heavy atom. The summed E-state index contributed by atoms with van der Waals surface area (Å²) in [6.07, 6.45) is 2.02. The molecule has 0 fully saturated rings. The molecular formula is C14H17BrN4O4. The SMILES string of the molecule is CCCNC(=O)C(=O)N/N=C\c1cc(Br)ccc1OCC(N)=O. The minimum Gasteiger partial charge on any atom is -0.483 e. The predicted octanol–water partition coefficient (Wildman–Crippen LogP) is 0.290. The number of nitrogens with two attached hydrogens (primary N) is 1. The molecule has 1 aromatic rings. The molecule has 23 heavy (non-hydrogen) atoms. The molecule has 0 unspecified atom stereocenters. The zero-order valence-corrected chi connectivity index (χ0v) is 14.1. The topological polar surface area (TPSA) is 123 Å². The van der Waals surface area contributed by atoms with Crippen molar-refractivity contribution in [1.29, 1.82) is 0 Å². The molecule has 8 nitrogen and oxygen atoms in total. The Morgan fingerprint density at radius 3 is 2.74 bits per heavy atom. The quantitative estimate of drug-likeness (QED) is 0.355. The van der Waals surface area contributed by atoms with E-state index in [1.807, 2.05) is 6.92 Å². The Morgan fingerprint density at radius 1 is 1.35 bits per heavy atom.